The zero-order valence-electron chi connectivity index (χ0n) is 10.1. The Balaban J connectivity index is 3.22. The predicted molar refractivity (Wildman–Crippen MR) is 67.8 cm³/mol. The van der Waals surface area contributed by atoms with Crippen LogP contribution in [0.3, 0.4) is 0 Å². The molecule has 15 heavy (non-hydrogen) atoms. The lowest BCUT2D eigenvalue weighted by Gasteiger charge is -2.25. The van der Waals surface area contributed by atoms with Crippen LogP contribution in [-0.4, -0.2) is 44.3 Å². The van der Waals surface area contributed by atoms with Crippen molar-refractivity contribution in [3.8, 4) is 0 Å². The third-order valence-electron chi connectivity index (χ3n) is 2.22. The molecular weight excluding hydrogens is 258 g/mol. The molecule has 0 atom stereocenters. The topological polar surface area (TPSA) is 30.5 Å². The molecule has 0 aliphatic rings. The highest BCUT2D eigenvalue weighted by atomic mass is 79.9. The average Bonchev–Trinajstić information content (AvgIpc) is 2.16. The molecule has 0 aromatic heterocycles. The first-order valence-electron chi connectivity index (χ1n) is 5.50. The molecule has 0 fully saturated rings. The minimum atomic E-state index is 0.218. The van der Waals surface area contributed by atoms with Crippen molar-refractivity contribution in [3.05, 3.63) is 0 Å². The van der Waals surface area contributed by atoms with E-state index in [9.17, 15) is 0 Å². The van der Waals surface area contributed by atoms with Crippen LogP contribution in [0.2, 0.25) is 0 Å². The zero-order valence-corrected chi connectivity index (χ0v) is 11.7. The van der Waals surface area contributed by atoms with Gasteiger partial charge in [-0.05, 0) is 33.2 Å². The van der Waals surface area contributed by atoms with Crippen molar-refractivity contribution in [1.82, 2.24) is 5.32 Å². The average molecular weight is 282 g/mol. The van der Waals surface area contributed by atoms with Crippen molar-refractivity contribution < 1.29 is 9.47 Å². The molecule has 0 aromatic rings. The van der Waals surface area contributed by atoms with Crippen LogP contribution >= 0.6 is 15.9 Å². The van der Waals surface area contributed by atoms with Crippen LogP contribution in [-0.2, 0) is 9.47 Å². The van der Waals surface area contributed by atoms with E-state index in [2.05, 4.69) is 35.1 Å². The van der Waals surface area contributed by atoms with Gasteiger partial charge < -0.3 is 14.8 Å². The summed E-state index contributed by atoms with van der Waals surface area (Å²) in [6, 6.07) is 0. The van der Waals surface area contributed by atoms with Crippen molar-refractivity contribution in [2.45, 2.75) is 32.2 Å². The van der Waals surface area contributed by atoms with E-state index < -0.39 is 0 Å². The summed E-state index contributed by atoms with van der Waals surface area (Å²) in [5, 5.41) is 4.55. The molecule has 92 valence electrons. The van der Waals surface area contributed by atoms with E-state index in [1.54, 1.807) is 7.11 Å². The zero-order chi connectivity index (χ0) is 11.6. The van der Waals surface area contributed by atoms with Crippen molar-refractivity contribution in [3.63, 3.8) is 0 Å². The van der Waals surface area contributed by atoms with Gasteiger partial charge in [-0.25, -0.2) is 0 Å². The molecule has 0 spiro atoms. The first kappa shape index (κ1) is 15.4. The van der Waals surface area contributed by atoms with Crippen LogP contribution in [0.1, 0.15) is 26.7 Å². The summed E-state index contributed by atoms with van der Waals surface area (Å²) in [7, 11) is 1.69. The van der Waals surface area contributed by atoms with Gasteiger partial charge in [0.05, 0.1) is 13.2 Å². The van der Waals surface area contributed by atoms with Crippen LogP contribution in [0.4, 0.5) is 0 Å². The number of alkyl halides is 1. The lowest BCUT2D eigenvalue weighted by Crippen LogP contribution is -2.40. The number of nitrogens with one attached hydrogen (secondary N) is 1. The second-order valence-electron chi connectivity index (χ2n) is 4.21. The minimum Gasteiger partial charge on any atom is -0.382 e. The summed E-state index contributed by atoms with van der Waals surface area (Å²) < 4.78 is 10.3. The Morgan fingerprint density at radius 2 is 1.93 bits per heavy atom. The summed E-state index contributed by atoms with van der Waals surface area (Å²) >= 11 is 3.46. The molecule has 0 saturated carbocycles. The first-order valence-corrected chi connectivity index (χ1v) is 6.62. The second-order valence-corrected chi connectivity index (χ2v) is 5.00. The van der Waals surface area contributed by atoms with Crippen LogP contribution in [0.5, 0.6) is 0 Å². The molecule has 0 rings (SSSR count). The monoisotopic (exact) mass is 281 g/mol. The highest BCUT2D eigenvalue weighted by Gasteiger charge is 2.14. The highest BCUT2D eigenvalue weighted by molar-refractivity contribution is 9.09. The molecule has 3 nitrogen and oxygen atoms in total. The van der Waals surface area contributed by atoms with Crippen molar-refractivity contribution in [2.24, 2.45) is 0 Å². The second kappa shape index (κ2) is 9.58. The smallest absolute Gasteiger partial charge is 0.0700 e. The van der Waals surface area contributed by atoms with Gasteiger partial charge in [0.25, 0.3) is 0 Å². The predicted octanol–water partition coefficient (Wildman–Crippen LogP) is 2.19. The maximum atomic E-state index is 5.37. The SMILES string of the molecule is COCCOCCCNC(C)(C)CCBr. The quantitative estimate of drug-likeness (QED) is 0.492. The van der Waals surface area contributed by atoms with E-state index in [-0.39, 0.29) is 5.54 Å². The fourth-order valence-electron chi connectivity index (χ4n) is 1.17. The summed E-state index contributed by atoms with van der Waals surface area (Å²) in [5.41, 5.74) is 0.218. The third-order valence-corrected chi connectivity index (χ3v) is 2.62. The Hall–Kier alpha value is 0.360. The summed E-state index contributed by atoms with van der Waals surface area (Å²) in [6.07, 6.45) is 2.19. The molecular formula is C11H24BrNO2. The number of hydrogen-bond acceptors (Lipinski definition) is 3. The highest BCUT2D eigenvalue weighted by Crippen LogP contribution is 2.09. The van der Waals surface area contributed by atoms with Crippen LogP contribution in [0.15, 0.2) is 0 Å². The van der Waals surface area contributed by atoms with Gasteiger partial charge in [-0.15, -0.1) is 0 Å². The van der Waals surface area contributed by atoms with E-state index in [1.807, 2.05) is 0 Å². The van der Waals surface area contributed by atoms with E-state index in [4.69, 9.17) is 9.47 Å². The number of hydrogen-bond donors (Lipinski definition) is 1. The maximum Gasteiger partial charge on any atom is 0.0700 e. The normalized spacial score (nSPS) is 12.0. The molecule has 0 aliphatic carbocycles. The van der Waals surface area contributed by atoms with E-state index in [0.717, 1.165) is 31.3 Å². The fourth-order valence-corrected chi connectivity index (χ4v) is 2.16. The Bertz CT molecular complexity index is 143. The molecule has 0 amide bonds. The minimum absolute atomic E-state index is 0.218. The standard InChI is InChI=1S/C11H24BrNO2/c1-11(2,5-6-12)13-7-4-8-15-10-9-14-3/h13H,4-10H2,1-3H3. The van der Waals surface area contributed by atoms with Crippen molar-refractivity contribution in [2.75, 3.05) is 38.8 Å². The van der Waals surface area contributed by atoms with Gasteiger partial charge in [0.2, 0.25) is 0 Å². The number of rotatable bonds is 10. The third kappa shape index (κ3) is 10.6. The summed E-state index contributed by atoms with van der Waals surface area (Å²) in [6.45, 7) is 7.64. The van der Waals surface area contributed by atoms with Gasteiger partial charge in [0.15, 0.2) is 0 Å². The van der Waals surface area contributed by atoms with Crippen molar-refractivity contribution >= 4 is 15.9 Å². The molecule has 0 radical (unpaired) electrons. The van der Waals surface area contributed by atoms with E-state index in [1.165, 1.54) is 0 Å². The Kier molecular flexibility index (Phi) is 9.81. The lowest BCUT2D eigenvalue weighted by molar-refractivity contribution is 0.0688. The Morgan fingerprint density at radius 3 is 2.53 bits per heavy atom. The summed E-state index contributed by atoms with van der Waals surface area (Å²) in [5.74, 6) is 0. The van der Waals surface area contributed by atoms with Gasteiger partial charge in [0.1, 0.15) is 0 Å². The van der Waals surface area contributed by atoms with Gasteiger partial charge in [-0.2, -0.15) is 0 Å². The Labute approximate surface area is 102 Å². The molecule has 0 aliphatic heterocycles. The molecule has 0 saturated heterocycles. The molecule has 0 heterocycles. The molecule has 0 aromatic carbocycles. The van der Waals surface area contributed by atoms with Crippen LogP contribution in [0, 0.1) is 0 Å². The van der Waals surface area contributed by atoms with Crippen LogP contribution in [0.25, 0.3) is 0 Å². The van der Waals surface area contributed by atoms with E-state index >= 15 is 0 Å². The van der Waals surface area contributed by atoms with Gasteiger partial charge >= 0.3 is 0 Å². The molecule has 0 bridgehead atoms. The maximum absolute atomic E-state index is 5.37. The van der Waals surface area contributed by atoms with Crippen LogP contribution < -0.4 is 5.32 Å². The van der Waals surface area contributed by atoms with Crippen molar-refractivity contribution in [1.29, 1.82) is 0 Å². The molecule has 1 N–H and O–H groups in total. The van der Waals surface area contributed by atoms with E-state index in [0.29, 0.717) is 13.2 Å². The van der Waals surface area contributed by atoms with Gasteiger partial charge in [-0.3, -0.25) is 0 Å². The van der Waals surface area contributed by atoms with Gasteiger partial charge in [-0.1, -0.05) is 15.9 Å². The number of methoxy groups -OCH3 is 1. The molecule has 4 heteroatoms. The fraction of sp³-hybridized carbons (Fsp3) is 1.00. The lowest BCUT2D eigenvalue weighted by atomic mass is 10.0. The number of ether oxygens (including phenoxy) is 2. The summed E-state index contributed by atoms with van der Waals surface area (Å²) in [4.78, 5) is 0. The largest absolute Gasteiger partial charge is 0.382 e. The first-order chi connectivity index (χ1) is 7.12. The Morgan fingerprint density at radius 1 is 1.20 bits per heavy atom. The molecule has 0 unspecified atom stereocenters. The van der Waals surface area contributed by atoms with Gasteiger partial charge in [0, 0.05) is 24.6 Å². The number of halogens is 1.